The fraction of sp³-hybridized carbons (Fsp3) is 0.200. The molecular weight excluding hydrogens is 428 g/mol. The number of carbonyl (C=O) groups excluding carboxylic acids is 2. The van der Waals surface area contributed by atoms with Gasteiger partial charge >= 0.3 is 0 Å². The molecule has 32 heavy (non-hydrogen) atoms. The van der Waals surface area contributed by atoms with Gasteiger partial charge in [0.2, 0.25) is 0 Å². The quantitative estimate of drug-likeness (QED) is 0.575. The summed E-state index contributed by atoms with van der Waals surface area (Å²) in [5, 5.41) is 3.40. The number of halogens is 1. The van der Waals surface area contributed by atoms with Crippen molar-refractivity contribution < 1.29 is 19.1 Å². The van der Waals surface area contributed by atoms with E-state index in [9.17, 15) is 9.59 Å². The lowest BCUT2D eigenvalue weighted by Crippen LogP contribution is -2.44. The van der Waals surface area contributed by atoms with Gasteiger partial charge in [-0.3, -0.25) is 9.59 Å². The molecule has 3 aromatic rings. The molecule has 4 rings (SSSR count). The molecule has 7 heteroatoms. The summed E-state index contributed by atoms with van der Waals surface area (Å²) < 4.78 is 11.3. The van der Waals surface area contributed by atoms with Gasteiger partial charge in [0.1, 0.15) is 11.5 Å². The third-order valence-electron chi connectivity index (χ3n) is 5.10. The number of amides is 2. The van der Waals surface area contributed by atoms with Crippen molar-refractivity contribution in [3.8, 4) is 11.5 Å². The molecule has 0 aromatic heterocycles. The molecule has 1 heterocycles. The van der Waals surface area contributed by atoms with Crippen LogP contribution in [0.4, 0.5) is 11.4 Å². The van der Waals surface area contributed by atoms with Crippen LogP contribution < -0.4 is 19.7 Å². The van der Waals surface area contributed by atoms with Crippen molar-refractivity contribution in [2.75, 3.05) is 16.8 Å². The van der Waals surface area contributed by atoms with Crippen LogP contribution in [0.25, 0.3) is 0 Å². The molecule has 1 aliphatic rings. The van der Waals surface area contributed by atoms with Crippen LogP contribution in [-0.4, -0.2) is 24.5 Å². The Hall–Kier alpha value is -3.51. The van der Waals surface area contributed by atoms with Gasteiger partial charge in [-0.2, -0.15) is 0 Å². The van der Waals surface area contributed by atoms with Crippen molar-refractivity contribution >= 4 is 34.8 Å². The number of hydrogen-bond acceptors (Lipinski definition) is 4. The molecule has 2 amide bonds. The molecule has 6 nitrogen and oxygen atoms in total. The highest BCUT2D eigenvalue weighted by Crippen LogP contribution is 2.37. The highest BCUT2D eigenvalue weighted by atomic mass is 35.5. The Balaban J connectivity index is 1.49. The molecule has 1 aliphatic heterocycles. The lowest BCUT2D eigenvalue weighted by molar-refractivity contribution is -0.125. The first-order chi connectivity index (χ1) is 15.4. The average molecular weight is 451 g/mol. The van der Waals surface area contributed by atoms with Crippen LogP contribution in [0.3, 0.4) is 0 Å². The molecule has 0 radical (unpaired) electrons. The highest BCUT2D eigenvalue weighted by Gasteiger charge is 2.31. The maximum Gasteiger partial charge on any atom is 0.268 e. The van der Waals surface area contributed by atoms with E-state index in [1.807, 2.05) is 31.2 Å². The van der Waals surface area contributed by atoms with Gasteiger partial charge in [0.25, 0.3) is 11.8 Å². The number of nitrogens with one attached hydrogen (secondary N) is 1. The molecule has 0 bridgehead atoms. The van der Waals surface area contributed by atoms with E-state index in [-0.39, 0.29) is 18.4 Å². The van der Waals surface area contributed by atoms with Gasteiger partial charge in [-0.1, -0.05) is 41.4 Å². The van der Waals surface area contributed by atoms with E-state index in [0.717, 1.165) is 11.1 Å². The summed E-state index contributed by atoms with van der Waals surface area (Å²) in [6.45, 7) is 4.01. The molecule has 164 valence electrons. The molecule has 0 fully saturated rings. The lowest BCUT2D eigenvalue weighted by Gasteiger charge is -2.33. The Morgan fingerprint density at radius 1 is 1.09 bits per heavy atom. The number of benzene rings is 3. The number of hydrogen-bond donors (Lipinski definition) is 1. The third-order valence-corrected chi connectivity index (χ3v) is 5.35. The third kappa shape index (κ3) is 5.03. The first kappa shape index (κ1) is 21.7. The van der Waals surface area contributed by atoms with E-state index in [1.54, 1.807) is 54.3 Å². The first-order valence-electron chi connectivity index (χ1n) is 10.2. The smallest absolute Gasteiger partial charge is 0.268 e. The van der Waals surface area contributed by atoms with Crippen LogP contribution in [-0.2, 0) is 16.1 Å². The SMILES string of the molecule is Cc1ccc(CN2C(=O)C(C)Oc3ccc(NC(=O)COc4ccc(Cl)cc4)cc32)cc1. The second-order valence-corrected chi connectivity index (χ2v) is 8.08. The van der Waals surface area contributed by atoms with Crippen LogP contribution in [0, 0.1) is 6.92 Å². The maximum absolute atomic E-state index is 12.9. The summed E-state index contributed by atoms with van der Waals surface area (Å²) >= 11 is 5.86. The number of ether oxygens (including phenoxy) is 2. The number of nitrogens with zero attached hydrogens (tertiary/aromatic N) is 1. The van der Waals surface area contributed by atoms with E-state index in [1.165, 1.54) is 0 Å². The highest BCUT2D eigenvalue weighted by molar-refractivity contribution is 6.30. The molecule has 3 aromatic carbocycles. The van der Waals surface area contributed by atoms with Crippen LogP contribution in [0.15, 0.2) is 66.7 Å². The average Bonchev–Trinajstić information content (AvgIpc) is 2.78. The van der Waals surface area contributed by atoms with Gasteiger partial charge in [-0.05, 0) is 61.9 Å². The van der Waals surface area contributed by atoms with Gasteiger partial charge in [-0.15, -0.1) is 0 Å². The zero-order valence-corrected chi connectivity index (χ0v) is 18.6. The molecule has 1 unspecified atom stereocenters. The van der Waals surface area contributed by atoms with Gasteiger partial charge < -0.3 is 19.7 Å². The van der Waals surface area contributed by atoms with Crippen LogP contribution in [0.1, 0.15) is 18.1 Å². The second-order valence-electron chi connectivity index (χ2n) is 7.64. The fourth-order valence-corrected chi connectivity index (χ4v) is 3.53. The first-order valence-corrected chi connectivity index (χ1v) is 10.6. The number of carbonyl (C=O) groups is 2. The molecule has 0 spiro atoms. The molecule has 1 N–H and O–H groups in total. The van der Waals surface area contributed by atoms with Gasteiger partial charge in [0.15, 0.2) is 12.7 Å². The summed E-state index contributed by atoms with van der Waals surface area (Å²) in [5.41, 5.74) is 3.33. The minimum absolute atomic E-state index is 0.132. The van der Waals surface area contributed by atoms with Crippen molar-refractivity contribution in [2.24, 2.45) is 0 Å². The largest absolute Gasteiger partial charge is 0.484 e. The number of anilines is 2. The summed E-state index contributed by atoms with van der Waals surface area (Å²) in [4.78, 5) is 26.9. The van der Waals surface area contributed by atoms with Crippen molar-refractivity contribution in [2.45, 2.75) is 26.5 Å². The normalized spacial score (nSPS) is 15.0. The second kappa shape index (κ2) is 9.32. The van der Waals surface area contributed by atoms with Crippen LogP contribution >= 0.6 is 11.6 Å². The molecule has 0 saturated heterocycles. The van der Waals surface area contributed by atoms with Gasteiger partial charge in [0.05, 0.1) is 12.2 Å². The van der Waals surface area contributed by atoms with Crippen LogP contribution in [0.5, 0.6) is 11.5 Å². The van der Waals surface area contributed by atoms with Crippen molar-refractivity contribution in [3.05, 3.63) is 82.9 Å². The molecule has 1 atom stereocenters. The lowest BCUT2D eigenvalue weighted by atomic mass is 10.1. The summed E-state index contributed by atoms with van der Waals surface area (Å²) in [5.74, 6) is 0.695. The van der Waals surface area contributed by atoms with Gasteiger partial charge in [0, 0.05) is 10.7 Å². The van der Waals surface area contributed by atoms with Gasteiger partial charge in [-0.25, -0.2) is 0 Å². The maximum atomic E-state index is 12.9. The molecule has 0 saturated carbocycles. The molecule has 0 aliphatic carbocycles. The number of fused-ring (bicyclic) bond motifs is 1. The fourth-order valence-electron chi connectivity index (χ4n) is 3.40. The topological polar surface area (TPSA) is 67.9 Å². The van der Waals surface area contributed by atoms with E-state index < -0.39 is 6.10 Å². The summed E-state index contributed by atoms with van der Waals surface area (Å²) in [6, 6.07) is 20.1. The Morgan fingerprint density at radius 3 is 2.53 bits per heavy atom. The van der Waals surface area contributed by atoms with E-state index >= 15 is 0 Å². The number of rotatable bonds is 6. The van der Waals surface area contributed by atoms with Crippen molar-refractivity contribution in [1.82, 2.24) is 0 Å². The Kier molecular flexibility index (Phi) is 6.32. The Morgan fingerprint density at radius 2 is 1.81 bits per heavy atom. The summed E-state index contributed by atoms with van der Waals surface area (Å²) in [7, 11) is 0. The number of aryl methyl sites for hydroxylation is 1. The predicted molar refractivity (Wildman–Crippen MR) is 124 cm³/mol. The van der Waals surface area contributed by atoms with E-state index in [4.69, 9.17) is 21.1 Å². The summed E-state index contributed by atoms with van der Waals surface area (Å²) in [6.07, 6.45) is -0.582. The van der Waals surface area contributed by atoms with Crippen molar-refractivity contribution in [3.63, 3.8) is 0 Å². The molecular formula is C25H23ClN2O4. The monoisotopic (exact) mass is 450 g/mol. The minimum atomic E-state index is -0.582. The predicted octanol–water partition coefficient (Wildman–Crippen LogP) is 4.98. The van der Waals surface area contributed by atoms with Crippen LogP contribution in [0.2, 0.25) is 5.02 Å². The minimum Gasteiger partial charge on any atom is -0.484 e. The Bertz CT molecular complexity index is 1130. The zero-order valence-electron chi connectivity index (χ0n) is 17.8. The van der Waals surface area contributed by atoms with Crippen molar-refractivity contribution in [1.29, 1.82) is 0 Å². The van der Waals surface area contributed by atoms with E-state index in [2.05, 4.69) is 5.32 Å². The standard InChI is InChI=1S/C25H23ClN2O4/c1-16-3-5-18(6-4-16)14-28-22-13-20(9-12-23(22)32-17(2)25(28)30)27-24(29)15-31-21-10-7-19(26)8-11-21/h3-13,17H,14-15H2,1-2H3,(H,27,29). The zero-order chi connectivity index (χ0) is 22.7. The Labute approximate surface area is 191 Å². The van der Waals surface area contributed by atoms with E-state index in [0.29, 0.717) is 34.4 Å².